The molecule has 4 heteroatoms. The van der Waals surface area contributed by atoms with Crippen LogP contribution in [0.4, 0.5) is 0 Å². The van der Waals surface area contributed by atoms with Crippen LogP contribution in [-0.4, -0.2) is 30.1 Å². The van der Waals surface area contributed by atoms with Crippen molar-refractivity contribution in [3.63, 3.8) is 0 Å². The molecular weight excluding hydrogens is 213 g/mol. The summed E-state index contributed by atoms with van der Waals surface area (Å²) in [6.07, 6.45) is 0.371. The molecule has 3 nitrogen and oxygen atoms in total. The van der Waals surface area contributed by atoms with Gasteiger partial charge in [-0.25, -0.2) is 0 Å². The van der Waals surface area contributed by atoms with Crippen molar-refractivity contribution in [2.24, 2.45) is 11.8 Å². The predicted octanol–water partition coefficient (Wildman–Crippen LogP) is 1.63. The van der Waals surface area contributed by atoms with Gasteiger partial charge in [0.15, 0.2) is 0 Å². The van der Waals surface area contributed by atoms with Crippen molar-refractivity contribution >= 4 is 19.7 Å². The molecule has 1 unspecified atom stereocenters. The summed E-state index contributed by atoms with van der Waals surface area (Å²) in [4.78, 5) is 26.0. The van der Waals surface area contributed by atoms with Gasteiger partial charge in [0.2, 0.25) is 11.8 Å². The lowest BCUT2D eigenvalue weighted by molar-refractivity contribution is -0.147. The molecule has 0 aromatic carbocycles. The van der Waals surface area contributed by atoms with Gasteiger partial charge < -0.3 is 0 Å². The minimum absolute atomic E-state index is 0.00456. The Morgan fingerprint density at radius 3 is 2.00 bits per heavy atom. The fraction of sp³-hybridized carbons (Fsp3) is 0.846. The van der Waals surface area contributed by atoms with Crippen LogP contribution in [0.5, 0.6) is 0 Å². The minimum Gasteiger partial charge on any atom is -0.277 e. The first-order valence-corrected chi connectivity index (χ1v) is 6.37. The van der Waals surface area contributed by atoms with Crippen LogP contribution in [0.15, 0.2) is 0 Å². The normalized spacial score (nSPS) is 22.8. The second-order valence-corrected chi connectivity index (χ2v) is 6.93. The molecule has 0 aromatic rings. The van der Waals surface area contributed by atoms with Gasteiger partial charge in [-0.15, -0.1) is 0 Å². The largest absolute Gasteiger partial charge is 0.277 e. The van der Waals surface area contributed by atoms with Crippen molar-refractivity contribution in [3.05, 3.63) is 0 Å². The molecule has 1 fully saturated rings. The number of carbonyl (C=O) groups is 2. The molecule has 0 aliphatic carbocycles. The third-order valence-electron chi connectivity index (χ3n) is 4.38. The Bertz CT molecular complexity index is 342. The molecule has 2 amide bonds. The first-order chi connectivity index (χ1) is 7.50. The van der Waals surface area contributed by atoms with E-state index in [1.807, 2.05) is 27.7 Å². The average Bonchev–Trinajstić information content (AvgIpc) is 2.39. The Hall–Kier alpha value is -0.795. The number of carbonyl (C=O) groups excluding carboxylic acids is 2. The number of rotatable bonds is 3. The highest BCUT2D eigenvalue weighted by Crippen LogP contribution is 2.43. The Labute approximate surface area is 105 Å². The monoisotopic (exact) mass is 237 g/mol. The van der Waals surface area contributed by atoms with Crippen LogP contribution in [0, 0.1) is 11.8 Å². The third kappa shape index (κ3) is 2.27. The van der Waals surface area contributed by atoms with E-state index in [0.717, 1.165) is 0 Å². The number of likely N-dealkylation sites (tertiary alicyclic amines) is 1. The number of amides is 2. The van der Waals surface area contributed by atoms with Gasteiger partial charge in [-0.1, -0.05) is 27.7 Å². The molecule has 0 radical (unpaired) electrons. The topological polar surface area (TPSA) is 37.4 Å². The van der Waals surface area contributed by atoms with Gasteiger partial charge in [0.05, 0.1) is 0 Å². The SMILES string of the molecule is BC(C)(C)C(C)(C)N1C(=O)CC(C(C)C)C1=O. The van der Waals surface area contributed by atoms with E-state index in [1.54, 1.807) is 0 Å². The van der Waals surface area contributed by atoms with E-state index in [9.17, 15) is 9.59 Å². The number of hydrogen-bond donors (Lipinski definition) is 0. The second kappa shape index (κ2) is 4.15. The number of hydrogen-bond acceptors (Lipinski definition) is 2. The standard InChI is InChI=1S/C13H24BNO2/c1-8(2)9-7-10(16)15(11(9)17)13(5,6)12(3,4)14/h8-9H,7,14H2,1-6H3. The molecule has 1 saturated heterocycles. The zero-order chi connectivity index (χ0) is 13.6. The van der Waals surface area contributed by atoms with Crippen molar-refractivity contribution in [2.75, 3.05) is 0 Å². The molecule has 96 valence electrons. The highest BCUT2D eigenvalue weighted by molar-refractivity contribution is 6.16. The summed E-state index contributed by atoms with van der Waals surface area (Å²) in [6, 6.07) is 0. The minimum atomic E-state index is -0.440. The number of imide groups is 1. The van der Waals surface area contributed by atoms with Gasteiger partial charge >= 0.3 is 0 Å². The molecule has 0 spiro atoms. The molecule has 17 heavy (non-hydrogen) atoms. The van der Waals surface area contributed by atoms with E-state index in [4.69, 9.17) is 0 Å². The summed E-state index contributed by atoms with van der Waals surface area (Å²) in [6.45, 7) is 12.1. The maximum atomic E-state index is 12.4. The summed E-state index contributed by atoms with van der Waals surface area (Å²) in [5, 5.41) is -0.121. The lowest BCUT2D eigenvalue weighted by Crippen LogP contribution is -2.54. The molecule has 0 aromatic heterocycles. The lowest BCUT2D eigenvalue weighted by Gasteiger charge is -2.45. The van der Waals surface area contributed by atoms with E-state index >= 15 is 0 Å². The van der Waals surface area contributed by atoms with Crippen LogP contribution in [-0.2, 0) is 9.59 Å². The molecule has 1 rings (SSSR count). The van der Waals surface area contributed by atoms with Gasteiger partial charge in [-0.3, -0.25) is 14.5 Å². The molecule has 1 aliphatic rings. The summed E-state index contributed by atoms with van der Waals surface area (Å²) in [7, 11) is 2.07. The van der Waals surface area contributed by atoms with E-state index in [2.05, 4.69) is 21.7 Å². The van der Waals surface area contributed by atoms with E-state index < -0.39 is 5.54 Å². The van der Waals surface area contributed by atoms with Gasteiger partial charge in [-0.2, -0.15) is 0 Å². The van der Waals surface area contributed by atoms with Crippen molar-refractivity contribution < 1.29 is 9.59 Å². The summed E-state index contributed by atoms with van der Waals surface area (Å²) in [5.74, 6) is 0.0786. The molecule has 1 aliphatic heterocycles. The van der Waals surface area contributed by atoms with Crippen LogP contribution in [0.2, 0.25) is 5.31 Å². The second-order valence-electron chi connectivity index (χ2n) is 6.93. The van der Waals surface area contributed by atoms with E-state index in [-0.39, 0.29) is 29.0 Å². The van der Waals surface area contributed by atoms with Gasteiger partial charge in [0, 0.05) is 17.9 Å². The van der Waals surface area contributed by atoms with Crippen molar-refractivity contribution in [3.8, 4) is 0 Å². The molecule has 0 bridgehead atoms. The maximum absolute atomic E-state index is 12.4. The van der Waals surface area contributed by atoms with Crippen molar-refractivity contribution in [2.45, 2.75) is 58.8 Å². The zero-order valence-corrected chi connectivity index (χ0v) is 12.1. The fourth-order valence-electron chi connectivity index (χ4n) is 2.10. The average molecular weight is 237 g/mol. The van der Waals surface area contributed by atoms with Crippen molar-refractivity contribution in [1.29, 1.82) is 0 Å². The molecular formula is C13H24BNO2. The molecule has 0 N–H and O–H groups in total. The summed E-state index contributed by atoms with van der Waals surface area (Å²) in [5.41, 5.74) is -0.440. The van der Waals surface area contributed by atoms with Crippen LogP contribution < -0.4 is 0 Å². The highest BCUT2D eigenvalue weighted by Gasteiger charge is 2.50. The Morgan fingerprint density at radius 1 is 1.24 bits per heavy atom. The quantitative estimate of drug-likeness (QED) is 0.552. The van der Waals surface area contributed by atoms with E-state index in [0.29, 0.717) is 6.42 Å². The Morgan fingerprint density at radius 2 is 1.71 bits per heavy atom. The van der Waals surface area contributed by atoms with Gasteiger partial charge in [0.25, 0.3) is 0 Å². The van der Waals surface area contributed by atoms with Crippen molar-refractivity contribution in [1.82, 2.24) is 4.90 Å². The van der Waals surface area contributed by atoms with Crippen LogP contribution in [0.25, 0.3) is 0 Å². The zero-order valence-electron chi connectivity index (χ0n) is 12.1. The molecule has 1 heterocycles. The predicted molar refractivity (Wildman–Crippen MR) is 71.5 cm³/mol. The molecule has 0 saturated carbocycles. The lowest BCUT2D eigenvalue weighted by atomic mass is 9.59. The van der Waals surface area contributed by atoms with E-state index in [1.165, 1.54) is 4.90 Å². The van der Waals surface area contributed by atoms with Gasteiger partial charge in [0.1, 0.15) is 7.85 Å². The first-order valence-electron chi connectivity index (χ1n) is 6.37. The van der Waals surface area contributed by atoms with Crippen LogP contribution >= 0.6 is 0 Å². The summed E-state index contributed by atoms with van der Waals surface area (Å²) < 4.78 is 0. The van der Waals surface area contributed by atoms with Gasteiger partial charge in [-0.05, 0) is 25.1 Å². The first kappa shape index (κ1) is 14.3. The smallest absolute Gasteiger partial charge is 0.233 e. The van der Waals surface area contributed by atoms with Crippen LogP contribution in [0.1, 0.15) is 48.0 Å². The third-order valence-corrected chi connectivity index (χ3v) is 4.38. The maximum Gasteiger partial charge on any atom is 0.233 e. The summed E-state index contributed by atoms with van der Waals surface area (Å²) >= 11 is 0. The Balaban J connectivity index is 3.08. The highest BCUT2D eigenvalue weighted by atomic mass is 16.2. The molecule has 1 atom stereocenters. The van der Waals surface area contributed by atoms with Crippen LogP contribution in [0.3, 0.4) is 0 Å². The fourth-order valence-corrected chi connectivity index (χ4v) is 2.10. The number of nitrogens with zero attached hydrogens (tertiary/aromatic N) is 1. The Kier molecular flexibility index (Phi) is 3.48.